The van der Waals surface area contributed by atoms with E-state index in [0.717, 1.165) is 23.1 Å². The van der Waals surface area contributed by atoms with Gasteiger partial charge in [-0.25, -0.2) is 0 Å². The maximum Gasteiger partial charge on any atom is 0.118 e. The standard InChI is InChI=1S/C17H25NO/c1-12-10-15(8-9-17(12)19)18-16-7-6-13-4-2-3-5-14(13)11-16/h8-10,13-14,16,18-19H,2-7,11H2,1H3. The lowest BCUT2D eigenvalue weighted by Crippen LogP contribution is -2.34. The van der Waals surface area contributed by atoms with Gasteiger partial charge < -0.3 is 10.4 Å². The van der Waals surface area contributed by atoms with Crippen molar-refractivity contribution in [3.8, 4) is 5.75 Å². The predicted octanol–water partition coefficient (Wildman–Crippen LogP) is 4.47. The number of benzene rings is 1. The van der Waals surface area contributed by atoms with Crippen molar-refractivity contribution >= 4 is 5.69 Å². The van der Waals surface area contributed by atoms with Crippen LogP contribution in [0.5, 0.6) is 5.75 Å². The quantitative estimate of drug-likeness (QED) is 0.768. The summed E-state index contributed by atoms with van der Waals surface area (Å²) in [6, 6.07) is 6.48. The normalized spacial score (nSPS) is 30.7. The minimum Gasteiger partial charge on any atom is -0.508 e. The summed E-state index contributed by atoms with van der Waals surface area (Å²) >= 11 is 0. The molecule has 3 rings (SSSR count). The molecule has 0 aromatic heterocycles. The summed E-state index contributed by atoms with van der Waals surface area (Å²) in [4.78, 5) is 0. The van der Waals surface area contributed by atoms with Crippen LogP contribution >= 0.6 is 0 Å². The zero-order chi connectivity index (χ0) is 13.2. The van der Waals surface area contributed by atoms with Crippen LogP contribution in [0.1, 0.15) is 50.5 Å². The zero-order valence-corrected chi connectivity index (χ0v) is 11.9. The Morgan fingerprint density at radius 1 is 1.05 bits per heavy atom. The highest BCUT2D eigenvalue weighted by Gasteiger charge is 2.31. The fraction of sp³-hybridized carbons (Fsp3) is 0.647. The Hall–Kier alpha value is -1.18. The molecule has 3 atom stereocenters. The molecule has 2 saturated carbocycles. The number of anilines is 1. The second-order valence-corrected chi connectivity index (χ2v) is 6.46. The van der Waals surface area contributed by atoms with E-state index in [1.165, 1.54) is 44.9 Å². The number of hydrogen-bond acceptors (Lipinski definition) is 2. The van der Waals surface area contributed by atoms with Gasteiger partial charge in [-0.3, -0.25) is 0 Å². The largest absolute Gasteiger partial charge is 0.508 e. The summed E-state index contributed by atoms with van der Waals surface area (Å²) in [7, 11) is 0. The smallest absolute Gasteiger partial charge is 0.118 e. The fourth-order valence-corrected chi connectivity index (χ4v) is 3.99. The van der Waals surface area contributed by atoms with Crippen molar-refractivity contribution in [1.82, 2.24) is 0 Å². The number of phenols is 1. The van der Waals surface area contributed by atoms with Crippen LogP contribution in [0.15, 0.2) is 18.2 Å². The maximum atomic E-state index is 9.58. The van der Waals surface area contributed by atoms with E-state index in [1.807, 2.05) is 13.0 Å². The van der Waals surface area contributed by atoms with Gasteiger partial charge in [-0.05, 0) is 61.8 Å². The van der Waals surface area contributed by atoms with Gasteiger partial charge in [0.25, 0.3) is 0 Å². The van der Waals surface area contributed by atoms with Gasteiger partial charge in [0.1, 0.15) is 5.75 Å². The number of phenolic OH excluding ortho intramolecular Hbond substituents is 1. The molecule has 0 radical (unpaired) electrons. The highest BCUT2D eigenvalue weighted by atomic mass is 16.3. The third-order valence-electron chi connectivity index (χ3n) is 5.11. The summed E-state index contributed by atoms with van der Waals surface area (Å²) in [5.74, 6) is 2.35. The van der Waals surface area contributed by atoms with Crippen molar-refractivity contribution in [1.29, 1.82) is 0 Å². The van der Waals surface area contributed by atoms with Crippen LogP contribution in [0.2, 0.25) is 0 Å². The number of fused-ring (bicyclic) bond motifs is 1. The van der Waals surface area contributed by atoms with Crippen molar-refractivity contribution in [2.24, 2.45) is 11.8 Å². The number of aryl methyl sites for hydroxylation is 1. The first kappa shape index (κ1) is 12.8. The van der Waals surface area contributed by atoms with Crippen molar-refractivity contribution in [3.63, 3.8) is 0 Å². The molecule has 104 valence electrons. The Morgan fingerprint density at radius 2 is 1.84 bits per heavy atom. The number of aromatic hydroxyl groups is 1. The number of hydrogen-bond donors (Lipinski definition) is 2. The average Bonchev–Trinajstić information content (AvgIpc) is 2.43. The summed E-state index contributed by atoms with van der Waals surface area (Å²) < 4.78 is 0. The van der Waals surface area contributed by atoms with Gasteiger partial charge in [0, 0.05) is 11.7 Å². The first-order chi connectivity index (χ1) is 9.22. The van der Waals surface area contributed by atoms with Crippen LogP contribution < -0.4 is 5.32 Å². The summed E-state index contributed by atoms with van der Waals surface area (Å²) in [5.41, 5.74) is 2.12. The Kier molecular flexibility index (Phi) is 3.67. The maximum absolute atomic E-state index is 9.58. The van der Waals surface area contributed by atoms with Crippen LogP contribution in [0, 0.1) is 18.8 Å². The highest BCUT2D eigenvalue weighted by Crippen LogP contribution is 2.41. The molecule has 0 saturated heterocycles. The fourth-order valence-electron chi connectivity index (χ4n) is 3.99. The van der Waals surface area contributed by atoms with Gasteiger partial charge in [0.2, 0.25) is 0 Å². The van der Waals surface area contributed by atoms with Gasteiger partial charge in [0.05, 0.1) is 0 Å². The molecule has 2 aliphatic carbocycles. The minimum atomic E-state index is 0.390. The van der Waals surface area contributed by atoms with Crippen molar-refractivity contribution in [2.45, 2.75) is 57.9 Å². The molecule has 2 nitrogen and oxygen atoms in total. The Balaban J connectivity index is 1.62. The van der Waals surface area contributed by atoms with E-state index < -0.39 is 0 Å². The van der Waals surface area contributed by atoms with E-state index in [0.29, 0.717) is 11.8 Å². The molecule has 1 aromatic rings. The van der Waals surface area contributed by atoms with Gasteiger partial charge >= 0.3 is 0 Å². The van der Waals surface area contributed by atoms with Gasteiger partial charge in [-0.15, -0.1) is 0 Å². The minimum absolute atomic E-state index is 0.390. The third kappa shape index (κ3) is 2.88. The SMILES string of the molecule is Cc1cc(NC2CCC3CCCCC3C2)ccc1O. The van der Waals surface area contributed by atoms with Gasteiger partial charge in [-0.2, -0.15) is 0 Å². The van der Waals surface area contributed by atoms with E-state index in [1.54, 1.807) is 6.07 Å². The summed E-state index contributed by atoms with van der Waals surface area (Å²) in [6.07, 6.45) is 9.85. The van der Waals surface area contributed by atoms with Crippen molar-refractivity contribution in [2.75, 3.05) is 5.32 Å². The lowest BCUT2D eigenvalue weighted by Gasteiger charge is -2.39. The second-order valence-electron chi connectivity index (χ2n) is 6.46. The molecule has 0 spiro atoms. The highest BCUT2D eigenvalue weighted by molar-refractivity contribution is 5.50. The lowest BCUT2D eigenvalue weighted by molar-refractivity contribution is 0.162. The molecule has 2 heteroatoms. The first-order valence-electron chi connectivity index (χ1n) is 7.78. The van der Waals surface area contributed by atoms with E-state index in [-0.39, 0.29) is 0 Å². The van der Waals surface area contributed by atoms with Gasteiger partial charge in [-0.1, -0.05) is 25.7 Å². The molecular formula is C17H25NO. The van der Waals surface area contributed by atoms with Crippen LogP contribution in [-0.2, 0) is 0 Å². The molecule has 0 bridgehead atoms. The molecule has 1 aromatic carbocycles. The molecule has 19 heavy (non-hydrogen) atoms. The van der Waals surface area contributed by atoms with E-state index in [2.05, 4.69) is 11.4 Å². The topological polar surface area (TPSA) is 32.3 Å². The van der Waals surface area contributed by atoms with Gasteiger partial charge in [0.15, 0.2) is 0 Å². The second kappa shape index (κ2) is 5.44. The zero-order valence-electron chi connectivity index (χ0n) is 11.9. The molecule has 2 fully saturated rings. The van der Waals surface area contributed by atoms with Crippen LogP contribution in [0.4, 0.5) is 5.69 Å². The van der Waals surface area contributed by atoms with E-state index >= 15 is 0 Å². The summed E-state index contributed by atoms with van der Waals surface area (Å²) in [5, 5.41) is 13.2. The first-order valence-corrected chi connectivity index (χ1v) is 7.78. The van der Waals surface area contributed by atoms with Crippen LogP contribution in [0.3, 0.4) is 0 Å². The number of rotatable bonds is 2. The third-order valence-corrected chi connectivity index (χ3v) is 5.11. The van der Waals surface area contributed by atoms with Crippen molar-refractivity contribution < 1.29 is 5.11 Å². The van der Waals surface area contributed by atoms with Crippen LogP contribution in [-0.4, -0.2) is 11.1 Å². The Bertz CT molecular complexity index is 443. The Labute approximate surface area is 116 Å². The molecule has 2 aliphatic rings. The number of nitrogens with one attached hydrogen (secondary N) is 1. The monoisotopic (exact) mass is 259 g/mol. The Morgan fingerprint density at radius 3 is 2.63 bits per heavy atom. The molecule has 0 amide bonds. The van der Waals surface area contributed by atoms with Crippen LogP contribution in [0.25, 0.3) is 0 Å². The van der Waals surface area contributed by atoms with E-state index in [9.17, 15) is 5.11 Å². The molecule has 0 heterocycles. The molecule has 3 unspecified atom stereocenters. The summed E-state index contributed by atoms with van der Waals surface area (Å²) in [6.45, 7) is 1.96. The molecule has 2 N–H and O–H groups in total. The average molecular weight is 259 g/mol. The molecular weight excluding hydrogens is 234 g/mol. The van der Waals surface area contributed by atoms with E-state index in [4.69, 9.17) is 0 Å². The lowest BCUT2D eigenvalue weighted by atomic mass is 9.69. The van der Waals surface area contributed by atoms with Crippen molar-refractivity contribution in [3.05, 3.63) is 23.8 Å². The molecule has 0 aliphatic heterocycles. The predicted molar refractivity (Wildman–Crippen MR) is 79.6 cm³/mol.